The molecule has 0 saturated carbocycles. The Bertz CT molecular complexity index is 1140. The highest BCUT2D eigenvalue weighted by Crippen LogP contribution is 2.21. The number of hydrogen-bond acceptors (Lipinski definition) is 4. The summed E-state index contributed by atoms with van der Waals surface area (Å²) < 4.78 is 7.11. The predicted octanol–water partition coefficient (Wildman–Crippen LogP) is 3.47. The normalized spacial score (nSPS) is 16.4. The standard InChI is InChI=1S/C23H24ClN3O4/c24-18-10-8-16(9-11-18)21(28)26-12-3-5-17(15-26)22(29)31-14-4-13-27-20-7-2-1-6-19(20)25-23(27)30/h1-2,6-11,17H,3-5,12-15H2,(H,25,30). The van der Waals surface area contributed by atoms with E-state index in [-0.39, 0.29) is 30.1 Å². The average molecular weight is 442 g/mol. The zero-order valence-corrected chi connectivity index (χ0v) is 17.8. The zero-order valence-electron chi connectivity index (χ0n) is 17.1. The summed E-state index contributed by atoms with van der Waals surface area (Å²) >= 11 is 5.89. The number of piperidine rings is 1. The second kappa shape index (κ2) is 9.39. The minimum atomic E-state index is -0.333. The van der Waals surface area contributed by atoms with Gasteiger partial charge in [-0.3, -0.25) is 14.2 Å². The molecule has 3 aromatic rings. The van der Waals surface area contributed by atoms with Crippen molar-refractivity contribution in [3.63, 3.8) is 0 Å². The Kier molecular flexibility index (Phi) is 6.42. The maximum absolute atomic E-state index is 12.7. The number of hydrogen-bond donors (Lipinski definition) is 1. The minimum Gasteiger partial charge on any atom is -0.465 e. The van der Waals surface area contributed by atoms with Gasteiger partial charge in [-0.2, -0.15) is 0 Å². The molecule has 1 N–H and O–H groups in total. The van der Waals surface area contributed by atoms with Crippen LogP contribution in [0.3, 0.4) is 0 Å². The van der Waals surface area contributed by atoms with Crippen LogP contribution in [-0.2, 0) is 16.1 Å². The number of ether oxygens (including phenoxy) is 1. The first-order chi connectivity index (χ1) is 15.0. The summed E-state index contributed by atoms with van der Waals surface area (Å²) in [6.07, 6.45) is 1.99. The molecule has 1 aliphatic rings. The van der Waals surface area contributed by atoms with Crippen molar-refractivity contribution < 1.29 is 14.3 Å². The number of nitrogens with zero attached hydrogens (tertiary/aromatic N) is 2. The highest BCUT2D eigenvalue weighted by molar-refractivity contribution is 6.30. The smallest absolute Gasteiger partial charge is 0.326 e. The molecular weight excluding hydrogens is 418 g/mol. The molecule has 2 heterocycles. The number of imidazole rings is 1. The molecule has 2 aromatic carbocycles. The van der Waals surface area contributed by atoms with E-state index >= 15 is 0 Å². The maximum Gasteiger partial charge on any atom is 0.326 e. The van der Waals surface area contributed by atoms with E-state index in [1.807, 2.05) is 24.3 Å². The third-order valence-corrected chi connectivity index (χ3v) is 5.84. The quantitative estimate of drug-likeness (QED) is 0.469. The molecule has 0 aliphatic carbocycles. The zero-order chi connectivity index (χ0) is 21.8. The topological polar surface area (TPSA) is 84.4 Å². The van der Waals surface area contributed by atoms with Gasteiger partial charge in [0.1, 0.15) is 0 Å². The minimum absolute atomic E-state index is 0.104. The van der Waals surface area contributed by atoms with Gasteiger partial charge in [0.05, 0.1) is 23.6 Å². The van der Waals surface area contributed by atoms with Crippen molar-refractivity contribution in [1.29, 1.82) is 0 Å². The van der Waals surface area contributed by atoms with Crippen molar-refractivity contribution in [3.05, 3.63) is 69.6 Å². The first kappa shape index (κ1) is 21.2. The number of esters is 1. The summed E-state index contributed by atoms with van der Waals surface area (Å²) in [5.41, 5.74) is 2.01. The Labute approximate surface area is 184 Å². The second-order valence-corrected chi connectivity index (χ2v) is 8.15. The van der Waals surface area contributed by atoms with E-state index in [4.69, 9.17) is 16.3 Å². The Morgan fingerprint density at radius 3 is 2.71 bits per heavy atom. The van der Waals surface area contributed by atoms with Gasteiger partial charge in [-0.15, -0.1) is 0 Å². The van der Waals surface area contributed by atoms with Gasteiger partial charge in [-0.25, -0.2) is 4.79 Å². The highest BCUT2D eigenvalue weighted by atomic mass is 35.5. The number of likely N-dealkylation sites (tertiary alicyclic amines) is 1. The van der Waals surface area contributed by atoms with Crippen molar-refractivity contribution in [2.24, 2.45) is 5.92 Å². The predicted molar refractivity (Wildman–Crippen MR) is 118 cm³/mol. The largest absolute Gasteiger partial charge is 0.465 e. The number of aromatic nitrogens is 2. The van der Waals surface area contributed by atoms with Crippen LogP contribution in [0.2, 0.25) is 5.02 Å². The second-order valence-electron chi connectivity index (χ2n) is 7.72. The third-order valence-electron chi connectivity index (χ3n) is 5.59. The van der Waals surface area contributed by atoms with Crippen LogP contribution in [0.5, 0.6) is 0 Å². The van der Waals surface area contributed by atoms with Gasteiger partial charge in [0, 0.05) is 30.2 Å². The van der Waals surface area contributed by atoms with E-state index in [1.54, 1.807) is 33.7 Å². The van der Waals surface area contributed by atoms with Gasteiger partial charge in [-0.1, -0.05) is 23.7 Å². The van der Waals surface area contributed by atoms with Gasteiger partial charge in [0.15, 0.2) is 0 Å². The van der Waals surface area contributed by atoms with E-state index < -0.39 is 0 Å². The molecule has 1 fully saturated rings. The van der Waals surface area contributed by atoms with Crippen molar-refractivity contribution in [1.82, 2.24) is 14.5 Å². The van der Waals surface area contributed by atoms with E-state index in [9.17, 15) is 14.4 Å². The number of aryl methyl sites for hydroxylation is 1. The molecule has 8 heteroatoms. The fraction of sp³-hybridized carbons (Fsp3) is 0.348. The number of aromatic amines is 1. The van der Waals surface area contributed by atoms with Crippen LogP contribution >= 0.6 is 11.6 Å². The Hall–Kier alpha value is -3.06. The Morgan fingerprint density at radius 2 is 1.90 bits per heavy atom. The summed E-state index contributed by atoms with van der Waals surface area (Å²) in [5, 5.41) is 0.576. The average Bonchev–Trinajstić information content (AvgIpc) is 3.11. The fourth-order valence-corrected chi connectivity index (χ4v) is 4.10. The number of nitrogens with one attached hydrogen (secondary N) is 1. The Morgan fingerprint density at radius 1 is 1.13 bits per heavy atom. The number of halogens is 1. The molecule has 1 saturated heterocycles. The molecule has 1 unspecified atom stereocenters. The van der Waals surface area contributed by atoms with Crippen LogP contribution in [0.25, 0.3) is 11.0 Å². The van der Waals surface area contributed by atoms with Crippen LogP contribution in [0.1, 0.15) is 29.6 Å². The molecule has 31 heavy (non-hydrogen) atoms. The molecule has 1 aromatic heterocycles. The number of para-hydroxylation sites is 2. The van der Waals surface area contributed by atoms with E-state index in [0.717, 1.165) is 17.5 Å². The number of carbonyl (C=O) groups excluding carboxylic acids is 2. The molecule has 7 nitrogen and oxygen atoms in total. The lowest BCUT2D eigenvalue weighted by Crippen LogP contribution is -2.42. The molecular formula is C23H24ClN3O4. The van der Waals surface area contributed by atoms with Crippen molar-refractivity contribution in [2.75, 3.05) is 19.7 Å². The van der Waals surface area contributed by atoms with Crippen molar-refractivity contribution in [2.45, 2.75) is 25.8 Å². The maximum atomic E-state index is 12.7. The fourth-order valence-electron chi connectivity index (χ4n) is 3.97. The number of rotatable bonds is 6. The molecule has 162 valence electrons. The highest BCUT2D eigenvalue weighted by Gasteiger charge is 2.29. The molecule has 1 amide bonds. The van der Waals surface area contributed by atoms with Gasteiger partial charge in [0.25, 0.3) is 5.91 Å². The van der Waals surface area contributed by atoms with Gasteiger partial charge in [-0.05, 0) is 55.7 Å². The summed E-state index contributed by atoms with van der Waals surface area (Å²) in [4.78, 5) is 41.9. The van der Waals surface area contributed by atoms with Crippen LogP contribution in [0, 0.1) is 5.92 Å². The summed E-state index contributed by atoms with van der Waals surface area (Å²) in [6.45, 7) is 1.66. The summed E-state index contributed by atoms with van der Waals surface area (Å²) in [7, 11) is 0. The molecule has 0 bridgehead atoms. The summed E-state index contributed by atoms with van der Waals surface area (Å²) in [6, 6.07) is 14.2. The number of H-pyrrole nitrogens is 1. The first-order valence-electron chi connectivity index (χ1n) is 10.4. The number of amides is 1. The lowest BCUT2D eigenvalue weighted by molar-refractivity contribution is -0.150. The van der Waals surface area contributed by atoms with Crippen molar-refractivity contribution in [3.8, 4) is 0 Å². The van der Waals surface area contributed by atoms with Crippen LogP contribution < -0.4 is 5.69 Å². The molecule has 1 aliphatic heterocycles. The lowest BCUT2D eigenvalue weighted by atomic mass is 9.97. The molecule has 0 radical (unpaired) electrons. The van der Waals surface area contributed by atoms with E-state index in [0.29, 0.717) is 43.1 Å². The van der Waals surface area contributed by atoms with Gasteiger partial charge >= 0.3 is 11.7 Å². The van der Waals surface area contributed by atoms with Crippen LogP contribution in [0.15, 0.2) is 53.3 Å². The van der Waals surface area contributed by atoms with Crippen molar-refractivity contribution >= 4 is 34.5 Å². The van der Waals surface area contributed by atoms with Gasteiger partial charge in [0.2, 0.25) is 0 Å². The van der Waals surface area contributed by atoms with Crippen LogP contribution in [0.4, 0.5) is 0 Å². The molecule has 1 atom stereocenters. The van der Waals surface area contributed by atoms with Gasteiger partial charge < -0.3 is 14.6 Å². The first-order valence-corrected chi connectivity index (χ1v) is 10.8. The van der Waals surface area contributed by atoms with Crippen LogP contribution in [-0.4, -0.2) is 46.0 Å². The number of benzene rings is 2. The summed E-state index contributed by atoms with van der Waals surface area (Å²) in [5.74, 6) is -0.728. The number of carbonyl (C=O) groups is 2. The SMILES string of the molecule is O=C(OCCCn1c(=O)[nH]c2ccccc21)C1CCCN(C(=O)c2ccc(Cl)cc2)C1. The lowest BCUT2D eigenvalue weighted by Gasteiger charge is -2.31. The Balaban J connectivity index is 1.28. The number of fused-ring (bicyclic) bond motifs is 1. The third kappa shape index (κ3) is 4.82. The molecule has 0 spiro atoms. The van der Waals surface area contributed by atoms with E-state index in [2.05, 4.69) is 4.98 Å². The molecule has 4 rings (SSSR count). The van der Waals surface area contributed by atoms with E-state index in [1.165, 1.54) is 0 Å². The monoisotopic (exact) mass is 441 g/mol.